The minimum atomic E-state index is -1.18. The fraction of sp³-hybridized carbons (Fsp3) is 0.462. The van der Waals surface area contributed by atoms with Crippen LogP contribution in [0.5, 0.6) is 5.75 Å². The Morgan fingerprint density at radius 1 is 1.50 bits per heavy atom. The third-order valence-electron chi connectivity index (χ3n) is 2.60. The number of thioether (sulfide) groups is 1. The smallest absolute Gasteiger partial charge is 0.323 e. The first-order chi connectivity index (χ1) is 8.35. The minimum absolute atomic E-state index is 0.129. The van der Waals surface area contributed by atoms with Gasteiger partial charge in [-0.15, -0.1) is 11.8 Å². The van der Waals surface area contributed by atoms with Gasteiger partial charge in [0.25, 0.3) is 0 Å². The van der Waals surface area contributed by atoms with Crippen LogP contribution in [0.1, 0.15) is 20.3 Å². The molecule has 0 aromatic heterocycles. The van der Waals surface area contributed by atoms with Gasteiger partial charge < -0.3 is 15.6 Å². The Balaban J connectivity index is 2.58. The van der Waals surface area contributed by atoms with Crippen molar-refractivity contribution in [2.75, 3.05) is 7.11 Å². The largest absolute Gasteiger partial charge is 0.497 e. The van der Waals surface area contributed by atoms with E-state index in [4.69, 9.17) is 15.6 Å². The maximum Gasteiger partial charge on any atom is 0.323 e. The summed E-state index contributed by atoms with van der Waals surface area (Å²) in [6, 6.07) is 7.67. The highest BCUT2D eigenvalue weighted by Crippen LogP contribution is 2.29. The van der Waals surface area contributed by atoms with Crippen LogP contribution in [0.3, 0.4) is 0 Å². The lowest BCUT2D eigenvalue weighted by Gasteiger charge is -2.23. The number of aliphatic carboxylic acids is 1. The molecular formula is C13H19NO3S. The van der Waals surface area contributed by atoms with Crippen molar-refractivity contribution in [3.05, 3.63) is 24.3 Å². The fourth-order valence-electron chi connectivity index (χ4n) is 1.61. The van der Waals surface area contributed by atoms with E-state index in [1.165, 1.54) is 0 Å². The second kappa shape index (κ2) is 6.11. The Bertz CT molecular complexity index is 403. The summed E-state index contributed by atoms with van der Waals surface area (Å²) in [4.78, 5) is 12.0. The first-order valence-electron chi connectivity index (χ1n) is 5.68. The second-order valence-electron chi connectivity index (χ2n) is 4.53. The van der Waals surface area contributed by atoms with E-state index >= 15 is 0 Å². The van der Waals surface area contributed by atoms with E-state index in [0.29, 0.717) is 6.42 Å². The predicted molar refractivity (Wildman–Crippen MR) is 73.2 cm³/mol. The SMILES string of the molecule is COc1ccc(SC(C)CC(C)(N)C(=O)O)cc1. The van der Waals surface area contributed by atoms with Gasteiger partial charge in [0.1, 0.15) is 11.3 Å². The monoisotopic (exact) mass is 269 g/mol. The van der Waals surface area contributed by atoms with Crippen molar-refractivity contribution in [2.24, 2.45) is 5.73 Å². The quantitative estimate of drug-likeness (QED) is 0.776. The zero-order chi connectivity index (χ0) is 13.8. The Labute approximate surface area is 112 Å². The first-order valence-corrected chi connectivity index (χ1v) is 6.56. The summed E-state index contributed by atoms with van der Waals surface area (Å²) >= 11 is 1.61. The van der Waals surface area contributed by atoms with Crippen LogP contribution in [-0.2, 0) is 4.79 Å². The second-order valence-corrected chi connectivity index (χ2v) is 6.04. The molecule has 0 radical (unpaired) electrons. The third-order valence-corrected chi connectivity index (χ3v) is 3.71. The highest BCUT2D eigenvalue weighted by atomic mass is 32.2. The molecule has 0 bridgehead atoms. The van der Waals surface area contributed by atoms with Gasteiger partial charge in [0.15, 0.2) is 0 Å². The predicted octanol–water partition coefficient (Wildman–Crippen LogP) is 2.37. The van der Waals surface area contributed by atoms with Gasteiger partial charge in [-0.1, -0.05) is 6.92 Å². The van der Waals surface area contributed by atoms with Gasteiger partial charge >= 0.3 is 5.97 Å². The van der Waals surface area contributed by atoms with Crippen molar-refractivity contribution >= 4 is 17.7 Å². The van der Waals surface area contributed by atoms with Crippen molar-refractivity contribution in [3.63, 3.8) is 0 Å². The van der Waals surface area contributed by atoms with Gasteiger partial charge in [-0.2, -0.15) is 0 Å². The van der Waals surface area contributed by atoms with E-state index < -0.39 is 11.5 Å². The van der Waals surface area contributed by atoms with Crippen molar-refractivity contribution in [1.82, 2.24) is 0 Å². The first kappa shape index (κ1) is 14.9. The average Bonchev–Trinajstić information content (AvgIpc) is 2.29. The highest BCUT2D eigenvalue weighted by Gasteiger charge is 2.30. The molecule has 1 aromatic rings. The Kier molecular flexibility index (Phi) is 5.04. The van der Waals surface area contributed by atoms with E-state index in [9.17, 15) is 4.79 Å². The fourth-order valence-corrected chi connectivity index (χ4v) is 2.80. The number of hydrogen-bond donors (Lipinski definition) is 2. The molecule has 18 heavy (non-hydrogen) atoms. The van der Waals surface area contributed by atoms with Crippen LogP contribution in [0.4, 0.5) is 0 Å². The minimum Gasteiger partial charge on any atom is -0.497 e. The highest BCUT2D eigenvalue weighted by molar-refractivity contribution is 7.99. The van der Waals surface area contributed by atoms with Gasteiger partial charge in [0, 0.05) is 10.1 Å². The Morgan fingerprint density at radius 3 is 2.50 bits per heavy atom. The normalized spacial score (nSPS) is 15.8. The molecule has 0 heterocycles. The van der Waals surface area contributed by atoms with Gasteiger partial charge in [-0.25, -0.2) is 0 Å². The molecule has 4 nitrogen and oxygen atoms in total. The summed E-state index contributed by atoms with van der Waals surface area (Å²) in [5.74, 6) is -0.161. The molecule has 0 aliphatic heterocycles. The van der Waals surface area contributed by atoms with E-state index in [2.05, 4.69) is 0 Å². The van der Waals surface area contributed by atoms with E-state index in [-0.39, 0.29) is 5.25 Å². The van der Waals surface area contributed by atoms with Crippen molar-refractivity contribution in [3.8, 4) is 5.75 Å². The summed E-state index contributed by atoms with van der Waals surface area (Å²) in [6.45, 7) is 3.52. The van der Waals surface area contributed by atoms with Crippen molar-refractivity contribution < 1.29 is 14.6 Å². The van der Waals surface area contributed by atoms with Crippen LogP contribution >= 0.6 is 11.8 Å². The van der Waals surface area contributed by atoms with Crippen LogP contribution in [0, 0.1) is 0 Å². The van der Waals surface area contributed by atoms with Crippen LogP contribution in [0.25, 0.3) is 0 Å². The molecule has 2 atom stereocenters. The number of benzene rings is 1. The van der Waals surface area contributed by atoms with E-state index in [0.717, 1.165) is 10.6 Å². The Morgan fingerprint density at radius 2 is 2.06 bits per heavy atom. The lowest BCUT2D eigenvalue weighted by molar-refractivity contribution is -0.142. The maximum atomic E-state index is 10.9. The molecule has 0 aliphatic rings. The molecular weight excluding hydrogens is 250 g/mol. The van der Waals surface area contributed by atoms with Crippen molar-refractivity contribution in [2.45, 2.75) is 36.0 Å². The summed E-state index contributed by atoms with van der Waals surface area (Å²) in [5.41, 5.74) is 4.55. The summed E-state index contributed by atoms with van der Waals surface area (Å²) in [5, 5.41) is 9.10. The molecule has 0 amide bonds. The number of carbonyl (C=O) groups is 1. The number of hydrogen-bond acceptors (Lipinski definition) is 4. The third kappa shape index (κ3) is 4.23. The molecule has 0 saturated heterocycles. The number of carboxylic acids is 1. The number of ether oxygens (including phenoxy) is 1. The summed E-state index contributed by atoms with van der Waals surface area (Å²) in [6.07, 6.45) is 0.416. The molecule has 5 heteroatoms. The lowest BCUT2D eigenvalue weighted by Crippen LogP contribution is -2.46. The molecule has 100 valence electrons. The average molecular weight is 269 g/mol. The zero-order valence-corrected chi connectivity index (χ0v) is 11.7. The molecule has 0 spiro atoms. The van der Waals surface area contributed by atoms with Crippen LogP contribution in [0.15, 0.2) is 29.2 Å². The van der Waals surface area contributed by atoms with E-state index in [1.54, 1.807) is 25.8 Å². The number of methoxy groups -OCH3 is 1. The number of nitrogens with two attached hydrogens (primary N) is 1. The van der Waals surface area contributed by atoms with Gasteiger partial charge in [-0.05, 0) is 37.6 Å². The summed E-state index contributed by atoms with van der Waals surface area (Å²) in [7, 11) is 1.62. The summed E-state index contributed by atoms with van der Waals surface area (Å²) < 4.78 is 5.08. The lowest BCUT2D eigenvalue weighted by atomic mass is 9.98. The van der Waals surface area contributed by atoms with Crippen LogP contribution in [-0.4, -0.2) is 29.0 Å². The zero-order valence-electron chi connectivity index (χ0n) is 10.8. The van der Waals surface area contributed by atoms with Gasteiger partial charge in [-0.3, -0.25) is 4.79 Å². The maximum absolute atomic E-state index is 10.9. The standard InChI is InChI=1S/C13H19NO3S/c1-9(8-13(2,14)12(15)16)18-11-6-4-10(17-3)5-7-11/h4-7,9H,8,14H2,1-3H3,(H,15,16). The topological polar surface area (TPSA) is 72.5 Å². The van der Waals surface area contributed by atoms with Gasteiger partial charge in [0.2, 0.25) is 0 Å². The number of rotatable bonds is 6. The van der Waals surface area contributed by atoms with Crippen molar-refractivity contribution in [1.29, 1.82) is 0 Å². The molecule has 1 rings (SSSR count). The van der Waals surface area contributed by atoms with Gasteiger partial charge in [0.05, 0.1) is 7.11 Å². The van der Waals surface area contributed by atoms with E-state index in [1.807, 2.05) is 31.2 Å². The van der Waals surface area contributed by atoms with Crippen LogP contribution in [0.2, 0.25) is 0 Å². The molecule has 0 saturated carbocycles. The number of carboxylic acid groups (broad SMARTS) is 1. The van der Waals surface area contributed by atoms with Crippen LogP contribution < -0.4 is 10.5 Å². The molecule has 2 unspecified atom stereocenters. The molecule has 3 N–H and O–H groups in total. The molecule has 0 fully saturated rings. The molecule has 0 aliphatic carbocycles. The Hall–Kier alpha value is -1.20. The molecule has 1 aromatic carbocycles.